The van der Waals surface area contributed by atoms with E-state index < -0.39 is 34.3 Å². The van der Waals surface area contributed by atoms with Crippen LogP contribution in [0.5, 0.6) is 0 Å². The molecule has 1 atom stereocenters. The van der Waals surface area contributed by atoms with Crippen molar-refractivity contribution >= 4 is 17.6 Å². The summed E-state index contributed by atoms with van der Waals surface area (Å²) >= 11 is 5.60. The third kappa shape index (κ3) is 5.20. The largest absolute Gasteiger partial charge is 0.460 e. The Kier molecular flexibility index (Phi) is 5.65. The van der Waals surface area contributed by atoms with Crippen molar-refractivity contribution in [2.45, 2.75) is 51.8 Å². The van der Waals surface area contributed by atoms with Crippen molar-refractivity contribution in [1.29, 1.82) is 0 Å². The minimum Gasteiger partial charge on any atom is -0.460 e. The first-order valence-electron chi connectivity index (χ1n) is 7.79. The zero-order valence-corrected chi connectivity index (χ0v) is 15.4. The first-order chi connectivity index (χ1) is 11.9. The molecule has 2 rings (SSSR count). The molecular weight excluding hydrogens is 373 g/mol. The molecule has 0 radical (unpaired) electrons. The molecule has 0 unspecified atom stereocenters. The van der Waals surface area contributed by atoms with Crippen LogP contribution < -0.4 is 0 Å². The molecule has 142 valence electrons. The minimum absolute atomic E-state index is 0.00726. The van der Waals surface area contributed by atoms with Crippen LogP contribution in [0.4, 0.5) is 13.2 Å². The van der Waals surface area contributed by atoms with Gasteiger partial charge < -0.3 is 9.26 Å². The van der Waals surface area contributed by atoms with Gasteiger partial charge in [-0.1, -0.05) is 23.7 Å². The number of hydrogen-bond acceptors (Lipinski definition) is 5. The van der Waals surface area contributed by atoms with Crippen LogP contribution in [0.3, 0.4) is 0 Å². The molecule has 1 aromatic carbocycles. The van der Waals surface area contributed by atoms with E-state index in [1.807, 2.05) is 0 Å². The van der Waals surface area contributed by atoms with Crippen LogP contribution >= 0.6 is 11.6 Å². The number of rotatable bonds is 4. The SMILES string of the molecule is C[C@H](CC(=O)OC(C)(C)C)c1nc(-c2ccc(Cl)c(C(F)(F)F)c2)no1. The fourth-order valence-electron chi connectivity index (χ4n) is 2.15. The molecule has 0 aliphatic rings. The van der Waals surface area contributed by atoms with E-state index in [0.717, 1.165) is 12.1 Å². The summed E-state index contributed by atoms with van der Waals surface area (Å²) in [4.78, 5) is 15.9. The number of esters is 1. The predicted molar refractivity (Wildman–Crippen MR) is 88.6 cm³/mol. The van der Waals surface area contributed by atoms with Crippen molar-refractivity contribution < 1.29 is 27.2 Å². The van der Waals surface area contributed by atoms with E-state index in [0.29, 0.717) is 0 Å². The molecule has 1 heterocycles. The number of benzene rings is 1. The van der Waals surface area contributed by atoms with Gasteiger partial charge in [0.1, 0.15) is 5.60 Å². The quantitative estimate of drug-likeness (QED) is 0.667. The Bertz CT molecular complexity index is 797. The molecule has 0 fully saturated rings. The molecule has 0 saturated heterocycles. The van der Waals surface area contributed by atoms with E-state index in [4.69, 9.17) is 20.9 Å². The number of alkyl halides is 3. The fourth-order valence-corrected chi connectivity index (χ4v) is 2.38. The number of ether oxygens (including phenoxy) is 1. The maximum atomic E-state index is 13.0. The third-order valence-electron chi connectivity index (χ3n) is 3.29. The fraction of sp³-hybridized carbons (Fsp3) is 0.471. The molecule has 0 aliphatic heterocycles. The minimum atomic E-state index is -4.59. The van der Waals surface area contributed by atoms with Crippen LogP contribution in [0.2, 0.25) is 5.02 Å². The Hall–Kier alpha value is -2.09. The lowest BCUT2D eigenvalue weighted by molar-refractivity contribution is -0.155. The Morgan fingerprint density at radius 3 is 2.54 bits per heavy atom. The smallest absolute Gasteiger partial charge is 0.417 e. The summed E-state index contributed by atoms with van der Waals surface area (Å²) in [6.45, 7) is 6.93. The average Bonchev–Trinajstić information content (AvgIpc) is 2.94. The second-order valence-electron chi connectivity index (χ2n) is 6.84. The van der Waals surface area contributed by atoms with E-state index in [2.05, 4.69) is 10.1 Å². The van der Waals surface area contributed by atoms with Crippen LogP contribution in [0.15, 0.2) is 22.7 Å². The highest BCUT2D eigenvalue weighted by molar-refractivity contribution is 6.31. The zero-order valence-electron chi connectivity index (χ0n) is 14.6. The Morgan fingerprint density at radius 1 is 1.31 bits per heavy atom. The summed E-state index contributed by atoms with van der Waals surface area (Å²) in [5.41, 5.74) is -1.49. The summed E-state index contributed by atoms with van der Waals surface area (Å²) in [5.74, 6) is -0.760. The molecular formula is C17H18ClF3N2O3. The van der Waals surface area contributed by atoms with E-state index in [-0.39, 0.29) is 23.7 Å². The molecule has 0 spiro atoms. The van der Waals surface area contributed by atoms with Crippen LogP contribution in [-0.4, -0.2) is 21.7 Å². The normalized spacial score (nSPS) is 13.5. The molecule has 2 aromatic rings. The van der Waals surface area contributed by atoms with Gasteiger partial charge in [0.15, 0.2) is 0 Å². The highest BCUT2D eigenvalue weighted by atomic mass is 35.5. The number of carbonyl (C=O) groups is 1. The third-order valence-corrected chi connectivity index (χ3v) is 3.62. The van der Waals surface area contributed by atoms with Crippen LogP contribution in [0, 0.1) is 0 Å². The average molecular weight is 391 g/mol. The highest BCUT2D eigenvalue weighted by Crippen LogP contribution is 2.37. The molecule has 5 nitrogen and oxygen atoms in total. The van der Waals surface area contributed by atoms with Gasteiger partial charge >= 0.3 is 12.1 Å². The monoisotopic (exact) mass is 390 g/mol. The lowest BCUT2D eigenvalue weighted by atomic mass is 10.1. The van der Waals surface area contributed by atoms with Crippen LogP contribution in [0.1, 0.15) is 51.5 Å². The number of aromatic nitrogens is 2. The van der Waals surface area contributed by atoms with Gasteiger partial charge in [-0.25, -0.2) is 0 Å². The van der Waals surface area contributed by atoms with Gasteiger partial charge in [-0.2, -0.15) is 18.2 Å². The van der Waals surface area contributed by atoms with E-state index in [1.54, 1.807) is 27.7 Å². The van der Waals surface area contributed by atoms with Gasteiger partial charge in [-0.05, 0) is 39.0 Å². The van der Waals surface area contributed by atoms with Crippen LogP contribution in [0.25, 0.3) is 11.4 Å². The van der Waals surface area contributed by atoms with Gasteiger partial charge in [0.05, 0.1) is 17.0 Å². The topological polar surface area (TPSA) is 65.2 Å². The van der Waals surface area contributed by atoms with Crippen molar-refractivity contribution in [3.05, 3.63) is 34.7 Å². The van der Waals surface area contributed by atoms with Gasteiger partial charge in [0.2, 0.25) is 11.7 Å². The van der Waals surface area contributed by atoms with Gasteiger partial charge in [0, 0.05) is 11.5 Å². The maximum Gasteiger partial charge on any atom is 0.417 e. The van der Waals surface area contributed by atoms with Gasteiger partial charge in [-0.15, -0.1) is 0 Å². The molecule has 0 N–H and O–H groups in total. The lowest BCUT2D eigenvalue weighted by Gasteiger charge is -2.20. The summed E-state index contributed by atoms with van der Waals surface area (Å²) in [7, 11) is 0. The van der Waals surface area contributed by atoms with Gasteiger partial charge in [0.25, 0.3) is 0 Å². The second-order valence-corrected chi connectivity index (χ2v) is 7.25. The number of hydrogen-bond donors (Lipinski definition) is 0. The van der Waals surface area contributed by atoms with E-state index >= 15 is 0 Å². The van der Waals surface area contributed by atoms with Crippen molar-refractivity contribution in [3.63, 3.8) is 0 Å². The van der Waals surface area contributed by atoms with Crippen molar-refractivity contribution in [2.75, 3.05) is 0 Å². The molecule has 0 amide bonds. The summed E-state index contributed by atoms with van der Waals surface area (Å²) < 4.78 is 49.2. The number of carbonyl (C=O) groups excluding carboxylic acids is 1. The van der Waals surface area contributed by atoms with Crippen molar-refractivity contribution in [2.24, 2.45) is 0 Å². The predicted octanol–water partition coefficient (Wildman–Crippen LogP) is 5.24. The zero-order chi connectivity index (χ0) is 19.7. The Labute approximate surface area is 153 Å². The Morgan fingerprint density at radius 2 is 1.96 bits per heavy atom. The summed E-state index contributed by atoms with van der Waals surface area (Å²) in [5, 5.41) is 3.28. The summed E-state index contributed by atoms with van der Waals surface area (Å²) in [6.07, 6.45) is -4.59. The maximum absolute atomic E-state index is 13.0. The summed E-state index contributed by atoms with van der Waals surface area (Å²) in [6, 6.07) is 3.35. The molecule has 9 heteroatoms. The molecule has 0 saturated carbocycles. The first kappa shape index (κ1) is 20.2. The number of nitrogens with zero attached hydrogens (tertiary/aromatic N) is 2. The first-order valence-corrected chi connectivity index (χ1v) is 8.17. The lowest BCUT2D eigenvalue weighted by Crippen LogP contribution is -2.24. The van der Waals surface area contributed by atoms with E-state index in [1.165, 1.54) is 6.07 Å². The molecule has 1 aromatic heterocycles. The Balaban J connectivity index is 2.18. The molecule has 26 heavy (non-hydrogen) atoms. The highest BCUT2D eigenvalue weighted by Gasteiger charge is 2.34. The number of halogens is 4. The standard InChI is InChI=1S/C17H18ClF3N2O3/c1-9(7-13(24)25-16(2,3)4)15-22-14(23-26-15)10-5-6-12(18)11(8-10)17(19,20)21/h5-6,8-9H,7H2,1-4H3/t9-/m1/s1. The van der Waals surface area contributed by atoms with Gasteiger partial charge in [-0.3, -0.25) is 4.79 Å². The van der Waals surface area contributed by atoms with Crippen molar-refractivity contribution in [1.82, 2.24) is 10.1 Å². The van der Waals surface area contributed by atoms with Crippen LogP contribution in [-0.2, 0) is 15.7 Å². The molecule has 0 bridgehead atoms. The molecule has 0 aliphatic carbocycles. The van der Waals surface area contributed by atoms with E-state index in [9.17, 15) is 18.0 Å². The van der Waals surface area contributed by atoms with Crippen molar-refractivity contribution in [3.8, 4) is 11.4 Å². The second kappa shape index (κ2) is 7.26.